The molecule has 0 aliphatic rings. The third kappa shape index (κ3) is 3.40. The van der Waals surface area contributed by atoms with Gasteiger partial charge in [0, 0.05) is 28.2 Å². The second-order valence-electron chi connectivity index (χ2n) is 6.85. The molecule has 138 valence electrons. The van der Waals surface area contributed by atoms with Gasteiger partial charge in [0.2, 0.25) is 0 Å². The fraction of sp³-hybridized carbons (Fsp3) is 0.261. The predicted octanol–water partition coefficient (Wildman–Crippen LogP) is 6.33. The first-order valence-electron chi connectivity index (χ1n) is 9.39. The van der Waals surface area contributed by atoms with Crippen molar-refractivity contribution in [3.63, 3.8) is 0 Å². The molecule has 4 rings (SSSR count). The van der Waals surface area contributed by atoms with E-state index in [0.29, 0.717) is 0 Å². The summed E-state index contributed by atoms with van der Waals surface area (Å²) >= 11 is 3.51. The molecule has 0 aliphatic heterocycles. The number of nitrogens with zero attached hydrogens (tertiary/aromatic N) is 2. The van der Waals surface area contributed by atoms with Crippen LogP contribution in [-0.4, -0.2) is 16.7 Å². The highest BCUT2D eigenvalue weighted by atomic mass is 79.9. The SMILES string of the molecule is CCCCc1cc2ccccc2c2c(C(OC)c3ccc(Br)cc3)cnn12. The molecule has 1 atom stereocenters. The molecule has 0 saturated heterocycles. The number of benzene rings is 2. The van der Waals surface area contributed by atoms with Crippen LogP contribution in [0.25, 0.3) is 16.3 Å². The fourth-order valence-corrected chi connectivity index (χ4v) is 4.00. The van der Waals surface area contributed by atoms with Crippen molar-refractivity contribution in [2.24, 2.45) is 0 Å². The van der Waals surface area contributed by atoms with Gasteiger partial charge in [-0.1, -0.05) is 65.7 Å². The summed E-state index contributed by atoms with van der Waals surface area (Å²) in [6.45, 7) is 2.22. The van der Waals surface area contributed by atoms with Gasteiger partial charge in [-0.25, -0.2) is 4.52 Å². The maximum Gasteiger partial charge on any atom is 0.111 e. The lowest BCUT2D eigenvalue weighted by molar-refractivity contribution is 0.137. The number of halogens is 1. The number of hydrogen-bond acceptors (Lipinski definition) is 2. The first kappa shape index (κ1) is 18.2. The van der Waals surface area contributed by atoms with Crippen LogP contribution in [0.2, 0.25) is 0 Å². The number of methoxy groups -OCH3 is 1. The minimum atomic E-state index is -0.152. The molecule has 27 heavy (non-hydrogen) atoms. The minimum Gasteiger partial charge on any atom is -0.372 e. The lowest BCUT2D eigenvalue weighted by Gasteiger charge is -2.16. The number of rotatable bonds is 6. The van der Waals surface area contributed by atoms with Crippen molar-refractivity contribution in [2.45, 2.75) is 32.3 Å². The second-order valence-corrected chi connectivity index (χ2v) is 7.77. The Morgan fingerprint density at radius 1 is 1.11 bits per heavy atom. The van der Waals surface area contributed by atoms with Crippen LogP contribution in [0, 0.1) is 0 Å². The normalized spacial score (nSPS) is 12.7. The summed E-state index contributed by atoms with van der Waals surface area (Å²) in [5, 5.41) is 7.23. The molecule has 0 radical (unpaired) electrons. The van der Waals surface area contributed by atoms with Crippen molar-refractivity contribution in [3.05, 3.63) is 82.1 Å². The summed E-state index contributed by atoms with van der Waals surface area (Å²) in [7, 11) is 1.76. The molecule has 0 amide bonds. The Morgan fingerprint density at radius 3 is 2.63 bits per heavy atom. The van der Waals surface area contributed by atoms with Gasteiger partial charge in [0.05, 0.1) is 11.7 Å². The molecular weight excluding hydrogens is 400 g/mol. The zero-order valence-corrected chi connectivity index (χ0v) is 17.2. The Morgan fingerprint density at radius 2 is 1.89 bits per heavy atom. The van der Waals surface area contributed by atoms with Gasteiger partial charge in [-0.15, -0.1) is 0 Å². The molecule has 2 aromatic heterocycles. The van der Waals surface area contributed by atoms with Crippen LogP contribution in [0.15, 0.2) is 65.3 Å². The summed E-state index contributed by atoms with van der Waals surface area (Å²) in [6.07, 6.45) is 5.16. The van der Waals surface area contributed by atoms with E-state index in [0.717, 1.165) is 34.0 Å². The van der Waals surface area contributed by atoms with Crippen molar-refractivity contribution < 1.29 is 4.74 Å². The minimum absolute atomic E-state index is 0.152. The van der Waals surface area contributed by atoms with Crippen LogP contribution in [0.3, 0.4) is 0 Å². The molecule has 0 N–H and O–H groups in total. The van der Waals surface area contributed by atoms with Gasteiger partial charge in [0.1, 0.15) is 6.10 Å². The summed E-state index contributed by atoms with van der Waals surface area (Å²) in [5.74, 6) is 0. The topological polar surface area (TPSA) is 26.5 Å². The second kappa shape index (κ2) is 7.83. The number of ether oxygens (including phenoxy) is 1. The first-order valence-corrected chi connectivity index (χ1v) is 10.2. The zero-order valence-electron chi connectivity index (χ0n) is 15.7. The van der Waals surface area contributed by atoms with Gasteiger partial charge in [-0.2, -0.15) is 5.10 Å². The lowest BCUT2D eigenvalue weighted by Crippen LogP contribution is -2.05. The van der Waals surface area contributed by atoms with E-state index in [1.165, 1.54) is 22.9 Å². The van der Waals surface area contributed by atoms with Crippen LogP contribution < -0.4 is 0 Å². The molecule has 2 aromatic carbocycles. The number of aromatic nitrogens is 2. The Labute approximate surface area is 168 Å². The third-order valence-corrected chi connectivity index (χ3v) is 5.61. The molecule has 0 saturated carbocycles. The standard InChI is InChI=1S/C23H23BrN2O/c1-3-4-8-19-14-17-7-5-6-9-20(17)22-21(15-25-26(19)22)23(27-2)16-10-12-18(24)13-11-16/h5-7,9-15,23H,3-4,8H2,1-2H3. The van der Waals surface area contributed by atoms with Gasteiger partial charge >= 0.3 is 0 Å². The van der Waals surface area contributed by atoms with Crippen molar-refractivity contribution in [1.29, 1.82) is 0 Å². The van der Waals surface area contributed by atoms with E-state index in [-0.39, 0.29) is 6.10 Å². The molecule has 0 aliphatic carbocycles. The highest BCUT2D eigenvalue weighted by Gasteiger charge is 2.21. The van der Waals surface area contributed by atoms with E-state index in [2.05, 4.69) is 82.0 Å². The van der Waals surface area contributed by atoms with E-state index >= 15 is 0 Å². The number of fused-ring (bicyclic) bond motifs is 3. The van der Waals surface area contributed by atoms with Gasteiger partial charge in [-0.3, -0.25) is 0 Å². The van der Waals surface area contributed by atoms with Crippen LogP contribution in [0.1, 0.15) is 42.7 Å². The Balaban J connectivity index is 1.95. The third-order valence-electron chi connectivity index (χ3n) is 5.09. The molecule has 0 bridgehead atoms. The smallest absolute Gasteiger partial charge is 0.111 e. The maximum absolute atomic E-state index is 5.93. The van der Waals surface area contributed by atoms with Gasteiger partial charge in [-0.05, 0) is 42.0 Å². The van der Waals surface area contributed by atoms with E-state index in [1.54, 1.807) is 7.11 Å². The fourth-order valence-electron chi connectivity index (χ4n) is 3.74. The quantitative estimate of drug-likeness (QED) is 0.362. The number of aryl methyl sites for hydroxylation is 1. The van der Waals surface area contributed by atoms with Gasteiger partial charge in [0.15, 0.2) is 0 Å². The van der Waals surface area contributed by atoms with Crippen molar-refractivity contribution in [2.75, 3.05) is 7.11 Å². The van der Waals surface area contributed by atoms with Crippen molar-refractivity contribution in [1.82, 2.24) is 9.61 Å². The highest BCUT2D eigenvalue weighted by Crippen LogP contribution is 2.34. The van der Waals surface area contributed by atoms with Crippen LogP contribution in [0.5, 0.6) is 0 Å². The van der Waals surface area contributed by atoms with Crippen LogP contribution in [-0.2, 0) is 11.2 Å². The maximum atomic E-state index is 5.93. The summed E-state index contributed by atoms with van der Waals surface area (Å²) < 4.78 is 9.10. The van der Waals surface area contributed by atoms with E-state index < -0.39 is 0 Å². The van der Waals surface area contributed by atoms with Crippen LogP contribution in [0.4, 0.5) is 0 Å². The highest BCUT2D eigenvalue weighted by molar-refractivity contribution is 9.10. The average Bonchev–Trinajstić information content (AvgIpc) is 3.13. The average molecular weight is 423 g/mol. The zero-order chi connectivity index (χ0) is 18.8. The molecule has 4 heteroatoms. The number of hydrogen-bond donors (Lipinski definition) is 0. The first-order chi connectivity index (χ1) is 13.2. The molecule has 1 unspecified atom stereocenters. The van der Waals surface area contributed by atoms with E-state index in [1.807, 2.05) is 6.20 Å². The predicted molar refractivity (Wildman–Crippen MR) is 114 cm³/mol. The molecule has 2 heterocycles. The Kier molecular flexibility index (Phi) is 5.28. The summed E-state index contributed by atoms with van der Waals surface area (Å²) in [4.78, 5) is 0. The number of pyridine rings is 1. The molecular formula is C23H23BrN2O. The van der Waals surface area contributed by atoms with Gasteiger partial charge < -0.3 is 4.74 Å². The Bertz CT molecular complexity index is 1070. The van der Waals surface area contributed by atoms with E-state index in [9.17, 15) is 0 Å². The van der Waals surface area contributed by atoms with Crippen LogP contribution >= 0.6 is 15.9 Å². The van der Waals surface area contributed by atoms with Crippen molar-refractivity contribution in [3.8, 4) is 0 Å². The molecule has 0 fully saturated rings. The summed E-state index contributed by atoms with van der Waals surface area (Å²) in [6, 6.07) is 19.1. The number of unbranched alkanes of at least 4 members (excludes halogenated alkanes) is 1. The summed E-state index contributed by atoms with van der Waals surface area (Å²) in [5.41, 5.74) is 4.63. The molecule has 4 aromatic rings. The monoisotopic (exact) mass is 422 g/mol. The van der Waals surface area contributed by atoms with Crippen molar-refractivity contribution >= 4 is 32.2 Å². The molecule has 0 spiro atoms. The lowest BCUT2D eigenvalue weighted by atomic mass is 9.99. The van der Waals surface area contributed by atoms with E-state index in [4.69, 9.17) is 9.84 Å². The van der Waals surface area contributed by atoms with Gasteiger partial charge in [0.25, 0.3) is 0 Å². The Hall–Kier alpha value is -2.17. The molecule has 3 nitrogen and oxygen atoms in total. The largest absolute Gasteiger partial charge is 0.372 e.